The minimum Gasteiger partial charge on any atom is -0.497 e. The summed E-state index contributed by atoms with van der Waals surface area (Å²) in [5.41, 5.74) is 6.24. The van der Waals surface area contributed by atoms with E-state index in [4.69, 9.17) is 9.47 Å². The van der Waals surface area contributed by atoms with E-state index < -0.39 is 0 Å². The molecule has 0 saturated heterocycles. The van der Waals surface area contributed by atoms with Gasteiger partial charge in [0.05, 0.1) is 14.2 Å². The Balaban J connectivity index is 1.41. The standard InChI is InChI=1S/C38H29BrN2O2S/c1-42-33-17-12-28(13-18-33)40(29-14-19-34(43-2)20-15-29)31-22-26(39)23-32(24-31)41(27-8-4-3-5-9-27)30-16-21-38-36(25-30)35-10-6-7-11-37(35)44-38/h3-25H,1-2H3. The molecule has 0 N–H and O–H groups in total. The number of hydrogen-bond acceptors (Lipinski definition) is 5. The molecule has 0 spiro atoms. The summed E-state index contributed by atoms with van der Waals surface area (Å²) in [7, 11) is 3.37. The first-order chi connectivity index (χ1) is 21.6. The lowest BCUT2D eigenvalue weighted by molar-refractivity contribution is 0.415. The molecule has 44 heavy (non-hydrogen) atoms. The van der Waals surface area contributed by atoms with Crippen molar-refractivity contribution in [3.63, 3.8) is 0 Å². The minimum atomic E-state index is 0.810. The third-order valence-corrected chi connectivity index (χ3v) is 9.29. The molecule has 0 aliphatic heterocycles. The topological polar surface area (TPSA) is 24.9 Å². The second-order valence-electron chi connectivity index (χ2n) is 10.3. The lowest BCUT2D eigenvalue weighted by atomic mass is 10.1. The predicted molar refractivity (Wildman–Crippen MR) is 190 cm³/mol. The lowest BCUT2D eigenvalue weighted by Crippen LogP contribution is -2.13. The molecule has 0 unspecified atom stereocenters. The summed E-state index contributed by atoms with van der Waals surface area (Å²) < 4.78 is 14.5. The molecule has 4 nitrogen and oxygen atoms in total. The zero-order valence-electron chi connectivity index (χ0n) is 24.3. The monoisotopic (exact) mass is 656 g/mol. The van der Waals surface area contributed by atoms with E-state index in [1.165, 1.54) is 20.2 Å². The van der Waals surface area contributed by atoms with Crippen molar-refractivity contribution in [3.05, 3.63) is 144 Å². The quantitative estimate of drug-likeness (QED) is 0.162. The molecule has 0 bridgehead atoms. The molecule has 0 atom stereocenters. The van der Waals surface area contributed by atoms with Crippen molar-refractivity contribution in [1.82, 2.24) is 0 Å². The lowest BCUT2D eigenvalue weighted by Gasteiger charge is -2.30. The van der Waals surface area contributed by atoms with E-state index in [-0.39, 0.29) is 0 Å². The Hall–Kier alpha value is -4.78. The number of benzene rings is 6. The van der Waals surface area contributed by atoms with Crippen LogP contribution in [0.5, 0.6) is 11.5 Å². The average molecular weight is 658 g/mol. The maximum atomic E-state index is 5.46. The van der Waals surface area contributed by atoms with Gasteiger partial charge in [0.2, 0.25) is 0 Å². The Morgan fingerprint density at radius 1 is 0.455 bits per heavy atom. The van der Waals surface area contributed by atoms with E-state index in [1.807, 2.05) is 35.6 Å². The summed E-state index contributed by atoms with van der Waals surface area (Å²) in [4.78, 5) is 4.56. The van der Waals surface area contributed by atoms with Crippen molar-refractivity contribution in [1.29, 1.82) is 0 Å². The van der Waals surface area contributed by atoms with Crippen LogP contribution in [0.4, 0.5) is 34.1 Å². The normalized spacial score (nSPS) is 11.1. The van der Waals surface area contributed by atoms with Gasteiger partial charge in [0, 0.05) is 58.8 Å². The molecule has 0 fully saturated rings. The zero-order valence-corrected chi connectivity index (χ0v) is 26.7. The first kappa shape index (κ1) is 28.0. The van der Waals surface area contributed by atoms with Gasteiger partial charge in [0.15, 0.2) is 0 Å². The van der Waals surface area contributed by atoms with Crippen LogP contribution in [0.1, 0.15) is 0 Å². The summed E-state index contributed by atoms with van der Waals surface area (Å²) in [6.45, 7) is 0. The zero-order chi connectivity index (χ0) is 30.0. The highest BCUT2D eigenvalue weighted by Crippen LogP contribution is 2.44. The van der Waals surface area contributed by atoms with Gasteiger partial charge in [0.1, 0.15) is 11.5 Å². The highest BCUT2D eigenvalue weighted by atomic mass is 79.9. The fraction of sp³-hybridized carbons (Fsp3) is 0.0526. The van der Waals surface area contributed by atoms with E-state index in [2.05, 4.69) is 141 Å². The summed E-state index contributed by atoms with van der Waals surface area (Å²) in [5.74, 6) is 1.62. The van der Waals surface area contributed by atoms with Crippen LogP contribution in [0.15, 0.2) is 144 Å². The molecule has 0 radical (unpaired) electrons. The Labute approximate surface area is 269 Å². The second-order valence-corrected chi connectivity index (χ2v) is 12.3. The molecule has 1 heterocycles. The number of anilines is 6. The van der Waals surface area contributed by atoms with Crippen molar-refractivity contribution < 1.29 is 9.47 Å². The predicted octanol–water partition coefficient (Wildman–Crippen LogP) is 11.8. The van der Waals surface area contributed by atoms with Crippen molar-refractivity contribution in [3.8, 4) is 11.5 Å². The second kappa shape index (κ2) is 12.1. The molecule has 0 saturated carbocycles. The number of thiophene rings is 1. The van der Waals surface area contributed by atoms with Crippen LogP contribution in [-0.2, 0) is 0 Å². The SMILES string of the molecule is COc1ccc(N(c2ccc(OC)cc2)c2cc(Br)cc(N(c3ccccc3)c3ccc4sc5ccccc5c4c3)c2)cc1. The molecular weight excluding hydrogens is 628 g/mol. The van der Waals surface area contributed by atoms with Gasteiger partial charge in [-0.3, -0.25) is 0 Å². The average Bonchev–Trinajstić information content (AvgIpc) is 3.44. The van der Waals surface area contributed by atoms with Crippen molar-refractivity contribution in [2.24, 2.45) is 0 Å². The first-order valence-corrected chi connectivity index (χ1v) is 15.9. The first-order valence-electron chi connectivity index (χ1n) is 14.3. The summed E-state index contributed by atoms with van der Waals surface area (Å²) in [5, 5.41) is 2.54. The number of methoxy groups -OCH3 is 2. The number of hydrogen-bond donors (Lipinski definition) is 0. The van der Waals surface area contributed by atoms with Crippen LogP contribution >= 0.6 is 27.3 Å². The maximum absolute atomic E-state index is 5.46. The van der Waals surface area contributed by atoms with Gasteiger partial charge in [-0.2, -0.15) is 0 Å². The van der Waals surface area contributed by atoms with E-state index >= 15 is 0 Å². The number of fused-ring (bicyclic) bond motifs is 3. The summed E-state index contributed by atoms with van der Waals surface area (Å²) in [6.07, 6.45) is 0. The summed E-state index contributed by atoms with van der Waals surface area (Å²) >= 11 is 5.69. The van der Waals surface area contributed by atoms with E-state index in [0.717, 1.165) is 50.1 Å². The van der Waals surface area contributed by atoms with Crippen molar-refractivity contribution in [2.75, 3.05) is 24.0 Å². The van der Waals surface area contributed by atoms with Crippen LogP contribution in [0.3, 0.4) is 0 Å². The molecule has 216 valence electrons. The number of nitrogens with zero attached hydrogens (tertiary/aromatic N) is 2. The highest BCUT2D eigenvalue weighted by molar-refractivity contribution is 9.10. The van der Waals surface area contributed by atoms with Crippen molar-refractivity contribution in [2.45, 2.75) is 0 Å². The van der Waals surface area contributed by atoms with E-state index in [0.29, 0.717) is 0 Å². The molecule has 7 aromatic rings. The molecule has 6 aromatic carbocycles. The Kier molecular flexibility index (Phi) is 7.69. The highest BCUT2D eigenvalue weighted by Gasteiger charge is 2.19. The van der Waals surface area contributed by atoms with E-state index in [9.17, 15) is 0 Å². The van der Waals surface area contributed by atoms with Crippen LogP contribution < -0.4 is 19.3 Å². The van der Waals surface area contributed by atoms with Gasteiger partial charge in [0.25, 0.3) is 0 Å². The molecule has 0 amide bonds. The smallest absolute Gasteiger partial charge is 0.119 e. The minimum absolute atomic E-state index is 0.810. The molecule has 7 rings (SSSR count). The number of halogens is 1. The van der Waals surface area contributed by atoms with E-state index in [1.54, 1.807) is 14.2 Å². The third kappa shape index (κ3) is 5.39. The number of ether oxygens (including phenoxy) is 2. The van der Waals surface area contributed by atoms with Crippen molar-refractivity contribution >= 4 is 81.6 Å². The fourth-order valence-electron chi connectivity index (χ4n) is 5.60. The Morgan fingerprint density at radius 2 is 0.955 bits per heavy atom. The number of rotatable bonds is 8. The molecule has 1 aromatic heterocycles. The molecular formula is C38H29BrN2O2S. The molecule has 6 heteroatoms. The van der Waals surface area contributed by atoms with Gasteiger partial charge < -0.3 is 19.3 Å². The molecule has 0 aliphatic carbocycles. The summed E-state index contributed by atoms with van der Waals surface area (Å²) in [6, 6.07) is 48.8. The number of para-hydroxylation sites is 1. The van der Waals surface area contributed by atoms with Crippen LogP contribution in [0.25, 0.3) is 20.2 Å². The van der Waals surface area contributed by atoms with Crippen LogP contribution in [0.2, 0.25) is 0 Å². The fourth-order valence-corrected chi connectivity index (χ4v) is 7.16. The van der Waals surface area contributed by atoms with Gasteiger partial charge in [-0.1, -0.05) is 52.3 Å². The third-order valence-electron chi connectivity index (χ3n) is 7.68. The van der Waals surface area contributed by atoms with Gasteiger partial charge in [-0.25, -0.2) is 0 Å². The van der Waals surface area contributed by atoms with Gasteiger partial charge in [-0.05, 0) is 103 Å². The van der Waals surface area contributed by atoms with Crippen LogP contribution in [-0.4, -0.2) is 14.2 Å². The Morgan fingerprint density at radius 3 is 1.57 bits per heavy atom. The Bertz CT molecular complexity index is 2010. The van der Waals surface area contributed by atoms with Gasteiger partial charge in [-0.15, -0.1) is 11.3 Å². The molecule has 0 aliphatic rings. The largest absolute Gasteiger partial charge is 0.497 e. The maximum Gasteiger partial charge on any atom is 0.119 e. The van der Waals surface area contributed by atoms with Gasteiger partial charge >= 0.3 is 0 Å². The van der Waals surface area contributed by atoms with Crippen LogP contribution in [0, 0.1) is 0 Å².